The van der Waals surface area contributed by atoms with Gasteiger partial charge in [-0.05, 0) is 54.2 Å². The maximum absolute atomic E-state index is 12.9. The number of carbonyl (C=O) groups is 3. The zero-order valence-electron chi connectivity index (χ0n) is 21.9. The van der Waals surface area contributed by atoms with Crippen LogP contribution in [0.15, 0.2) is 48.5 Å². The van der Waals surface area contributed by atoms with Crippen molar-refractivity contribution < 1.29 is 44.9 Å². The highest BCUT2D eigenvalue weighted by Gasteiger charge is 2.48. The number of methoxy groups -OCH3 is 1. The van der Waals surface area contributed by atoms with Gasteiger partial charge in [0, 0.05) is 5.56 Å². The molecule has 0 heterocycles. The molecule has 0 fully saturated rings. The number of hydrogen-bond acceptors (Lipinski definition) is 7. The minimum Gasteiger partial charge on any atom is -0.467 e. The summed E-state index contributed by atoms with van der Waals surface area (Å²) in [6.45, 7) is 5.64. The molecule has 2 atom stereocenters. The molecule has 9 nitrogen and oxygen atoms in total. The second-order valence-electron chi connectivity index (χ2n) is 9.11. The lowest BCUT2D eigenvalue weighted by Crippen LogP contribution is -2.52. The number of alkyl halides is 3. The maximum Gasteiger partial charge on any atom is 0.534 e. The molecule has 2 aromatic rings. The molecule has 39 heavy (non-hydrogen) atoms. The van der Waals surface area contributed by atoms with Crippen molar-refractivity contribution in [2.24, 2.45) is 5.92 Å². The van der Waals surface area contributed by atoms with Crippen molar-refractivity contribution in [3.05, 3.63) is 54.1 Å². The molecule has 0 aliphatic carbocycles. The van der Waals surface area contributed by atoms with Gasteiger partial charge in [-0.15, -0.1) is 0 Å². The molecule has 2 aromatic carbocycles. The van der Waals surface area contributed by atoms with E-state index in [1.54, 1.807) is 12.1 Å². The van der Waals surface area contributed by atoms with Crippen LogP contribution in [0.1, 0.15) is 50.4 Å². The van der Waals surface area contributed by atoms with Crippen molar-refractivity contribution in [3.8, 4) is 16.9 Å². The number of amides is 2. The average Bonchev–Trinajstić information content (AvgIpc) is 2.87. The van der Waals surface area contributed by atoms with Gasteiger partial charge in [0.05, 0.1) is 7.11 Å². The Labute approximate surface area is 225 Å². The summed E-state index contributed by atoms with van der Waals surface area (Å²) in [7, 11) is -4.55. The summed E-state index contributed by atoms with van der Waals surface area (Å²) in [6, 6.07) is 9.34. The average molecular weight is 573 g/mol. The highest BCUT2D eigenvalue weighted by atomic mass is 32.2. The van der Waals surface area contributed by atoms with Gasteiger partial charge in [-0.2, -0.15) is 21.6 Å². The Morgan fingerprint density at radius 2 is 1.44 bits per heavy atom. The lowest BCUT2D eigenvalue weighted by molar-refractivity contribution is -0.145. The number of nitrogens with one attached hydrogen (secondary N) is 2. The first-order valence-corrected chi connectivity index (χ1v) is 13.5. The fourth-order valence-corrected chi connectivity index (χ4v) is 4.05. The number of halogens is 3. The first-order chi connectivity index (χ1) is 18.2. The maximum atomic E-state index is 12.9. The van der Waals surface area contributed by atoms with Crippen LogP contribution in [0.5, 0.6) is 5.75 Å². The summed E-state index contributed by atoms with van der Waals surface area (Å²) in [5.41, 5.74) is -4.18. The second-order valence-corrected chi connectivity index (χ2v) is 10.7. The molecule has 0 aliphatic heterocycles. The summed E-state index contributed by atoms with van der Waals surface area (Å²) in [5.74, 6) is -2.04. The Bertz CT molecular complexity index is 1250. The van der Waals surface area contributed by atoms with Gasteiger partial charge in [0.2, 0.25) is 5.91 Å². The third-order valence-electron chi connectivity index (χ3n) is 5.53. The number of hydrogen-bond donors (Lipinski definition) is 2. The van der Waals surface area contributed by atoms with Crippen molar-refractivity contribution >= 4 is 27.9 Å². The zero-order chi connectivity index (χ0) is 29.4. The smallest absolute Gasteiger partial charge is 0.467 e. The van der Waals surface area contributed by atoms with E-state index in [-0.39, 0.29) is 11.5 Å². The third-order valence-corrected chi connectivity index (χ3v) is 6.51. The molecular formula is C26H31F3N2O7S. The largest absolute Gasteiger partial charge is 0.534 e. The van der Waals surface area contributed by atoms with E-state index in [0.29, 0.717) is 30.4 Å². The van der Waals surface area contributed by atoms with Crippen LogP contribution in [-0.2, 0) is 24.4 Å². The van der Waals surface area contributed by atoms with Crippen LogP contribution in [0, 0.1) is 5.92 Å². The highest BCUT2D eigenvalue weighted by Crippen LogP contribution is 2.29. The van der Waals surface area contributed by atoms with E-state index in [0.717, 1.165) is 12.1 Å². The minimum absolute atomic E-state index is 0.0595. The number of benzene rings is 2. The van der Waals surface area contributed by atoms with Crippen LogP contribution in [0.25, 0.3) is 11.1 Å². The van der Waals surface area contributed by atoms with E-state index in [4.69, 9.17) is 4.74 Å². The standard InChI is InChI=1S/C26H31F3N2O7S/c1-5-6-21(25(34)37-4)30-24(33)22(15-16(2)3)31-23(32)19-9-7-17(8-10-19)18-11-13-20(14-12-18)38-39(35,36)26(27,28)29/h7-14,16,21-22H,5-6,15H2,1-4H3,(H,30,33)(H,31,32)/t21-,22-/m0/s1. The fraction of sp³-hybridized carbons (Fsp3) is 0.423. The lowest BCUT2D eigenvalue weighted by Gasteiger charge is -2.23. The minimum atomic E-state index is -5.78. The van der Waals surface area contributed by atoms with Crippen LogP contribution in [-0.4, -0.2) is 50.9 Å². The number of carbonyl (C=O) groups excluding carboxylic acids is 3. The Morgan fingerprint density at radius 3 is 1.90 bits per heavy atom. The number of ether oxygens (including phenoxy) is 1. The zero-order valence-corrected chi connectivity index (χ0v) is 22.7. The normalized spacial score (nSPS) is 13.3. The molecular weight excluding hydrogens is 541 g/mol. The van der Waals surface area contributed by atoms with Crippen LogP contribution in [0.4, 0.5) is 13.2 Å². The van der Waals surface area contributed by atoms with Crippen molar-refractivity contribution in [1.29, 1.82) is 0 Å². The van der Waals surface area contributed by atoms with Gasteiger partial charge in [-0.3, -0.25) is 9.59 Å². The molecule has 0 bridgehead atoms. The van der Waals surface area contributed by atoms with Crippen LogP contribution in [0.3, 0.4) is 0 Å². The van der Waals surface area contributed by atoms with Gasteiger partial charge in [-0.1, -0.05) is 51.5 Å². The van der Waals surface area contributed by atoms with Crippen LogP contribution < -0.4 is 14.8 Å². The van der Waals surface area contributed by atoms with E-state index < -0.39 is 51.2 Å². The second kappa shape index (κ2) is 13.5. The van der Waals surface area contributed by atoms with Crippen LogP contribution in [0.2, 0.25) is 0 Å². The molecule has 0 saturated heterocycles. The number of rotatable bonds is 12. The van der Waals surface area contributed by atoms with Crippen molar-refractivity contribution in [2.75, 3.05) is 7.11 Å². The van der Waals surface area contributed by atoms with Gasteiger partial charge in [0.1, 0.15) is 17.8 Å². The summed E-state index contributed by atoms with van der Waals surface area (Å²) in [5, 5.41) is 5.35. The predicted octanol–water partition coefficient (Wildman–Crippen LogP) is 4.18. The molecule has 13 heteroatoms. The van der Waals surface area contributed by atoms with Gasteiger partial charge in [-0.25, -0.2) is 4.79 Å². The third kappa shape index (κ3) is 8.98. The topological polar surface area (TPSA) is 128 Å². The van der Waals surface area contributed by atoms with E-state index in [1.165, 1.54) is 31.4 Å². The Balaban J connectivity index is 2.13. The molecule has 0 aromatic heterocycles. The van der Waals surface area contributed by atoms with E-state index in [2.05, 4.69) is 14.8 Å². The molecule has 0 saturated carbocycles. The molecule has 214 valence electrons. The van der Waals surface area contributed by atoms with E-state index in [9.17, 15) is 36.0 Å². The van der Waals surface area contributed by atoms with Gasteiger partial charge < -0.3 is 19.6 Å². The first-order valence-electron chi connectivity index (χ1n) is 12.1. The molecule has 0 aliphatic rings. The summed E-state index contributed by atoms with van der Waals surface area (Å²) in [6.07, 6.45) is 1.34. The van der Waals surface area contributed by atoms with Gasteiger partial charge in [0.15, 0.2) is 0 Å². The Hall–Kier alpha value is -3.61. The quantitative estimate of drug-likeness (QED) is 0.222. The van der Waals surface area contributed by atoms with Gasteiger partial charge in [0.25, 0.3) is 5.91 Å². The predicted molar refractivity (Wildman–Crippen MR) is 137 cm³/mol. The Kier molecular flexibility index (Phi) is 10.9. The monoisotopic (exact) mass is 572 g/mol. The van der Waals surface area contributed by atoms with E-state index >= 15 is 0 Å². The summed E-state index contributed by atoms with van der Waals surface area (Å²) < 4.78 is 68.6. The van der Waals surface area contributed by atoms with Crippen molar-refractivity contribution in [3.63, 3.8) is 0 Å². The molecule has 0 unspecified atom stereocenters. The molecule has 0 spiro atoms. The Morgan fingerprint density at radius 1 is 0.897 bits per heavy atom. The summed E-state index contributed by atoms with van der Waals surface area (Å²) >= 11 is 0. The van der Waals surface area contributed by atoms with E-state index in [1.807, 2.05) is 20.8 Å². The lowest BCUT2D eigenvalue weighted by atomic mass is 10.0. The van der Waals surface area contributed by atoms with Crippen molar-refractivity contribution in [1.82, 2.24) is 10.6 Å². The SMILES string of the molecule is CCC[C@H](NC(=O)[C@H](CC(C)C)NC(=O)c1ccc(-c2ccc(OS(=O)(=O)C(F)(F)F)cc2)cc1)C(=O)OC. The molecule has 2 N–H and O–H groups in total. The molecule has 0 radical (unpaired) electrons. The summed E-state index contributed by atoms with van der Waals surface area (Å²) in [4.78, 5) is 37.8. The first kappa shape index (κ1) is 31.6. The molecule has 2 amide bonds. The van der Waals surface area contributed by atoms with Crippen LogP contribution >= 0.6 is 0 Å². The van der Waals surface area contributed by atoms with Crippen molar-refractivity contribution in [2.45, 2.75) is 57.6 Å². The molecule has 2 rings (SSSR count). The van der Waals surface area contributed by atoms with Gasteiger partial charge >= 0.3 is 21.6 Å². The highest BCUT2D eigenvalue weighted by molar-refractivity contribution is 7.88. The number of esters is 1. The fourth-order valence-electron chi connectivity index (χ4n) is 3.59.